The Morgan fingerprint density at radius 1 is 1.12 bits per heavy atom. The highest BCUT2D eigenvalue weighted by Gasteiger charge is 2.29. The highest BCUT2D eigenvalue weighted by atomic mass is 35.5. The molecule has 1 unspecified atom stereocenters. The van der Waals surface area contributed by atoms with E-state index < -0.39 is 24.6 Å². The van der Waals surface area contributed by atoms with Crippen molar-refractivity contribution >= 4 is 23.7 Å². The van der Waals surface area contributed by atoms with Crippen LogP contribution in [0.5, 0.6) is 0 Å². The number of hydrogen-bond donors (Lipinski definition) is 1. The molecule has 0 radical (unpaired) electrons. The van der Waals surface area contributed by atoms with Gasteiger partial charge in [-0.25, -0.2) is 4.79 Å². The molecular weight excluding hydrogens is 342 g/mol. The van der Waals surface area contributed by atoms with Crippen molar-refractivity contribution in [2.75, 3.05) is 13.2 Å². The Balaban J connectivity index is 2.48. The summed E-state index contributed by atoms with van der Waals surface area (Å²) in [6.45, 7) is 2.99. The SMILES string of the molecule is C=CCOC(=O)N(CC(=O)O)C(c1ccccc1)c1ccc(Cl)cc1. The minimum atomic E-state index is -1.13. The fourth-order valence-electron chi connectivity index (χ4n) is 2.45. The molecule has 0 aromatic heterocycles. The van der Waals surface area contributed by atoms with Gasteiger partial charge in [0.15, 0.2) is 0 Å². The predicted molar refractivity (Wildman–Crippen MR) is 95.6 cm³/mol. The summed E-state index contributed by atoms with van der Waals surface area (Å²) in [5.74, 6) is -1.13. The van der Waals surface area contributed by atoms with Crippen LogP contribution in [0.15, 0.2) is 67.3 Å². The third-order valence-electron chi connectivity index (χ3n) is 3.48. The van der Waals surface area contributed by atoms with Gasteiger partial charge in [-0.2, -0.15) is 0 Å². The molecule has 2 aromatic carbocycles. The zero-order chi connectivity index (χ0) is 18.2. The maximum atomic E-state index is 12.5. The number of carbonyl (C=O) groups excluding carboxylic acids is 1. The first-order valence-corrected chi connectivity index (χ1v) is 7.97. The van der Waals surface area contributed by atoms with E-state index in [4.69, 9.17) is 16.3 Å². The molecule has 130 valence electrons. The van der Waals surface area contributed by atoms with Crippen molar-refractivity contribution in [3.05, 3.63) is 83.4 Å². The van der Waals surface area contributed by atoms with Gasteiger partial charge in [-0.3, -0.25) is 9.69 Å². The lowest BCUT2D eigenvalue weighted by molar-refractivity contribution is -0.138. The van der Waals surface area contributed by atoms with E-state index in [2.05, 4.69) is 6.58 Å². The monoisotopic (exact) mass is 359 g/mol. The number of nitrogens with zero attached hydrogens (tertiary/aromatic N) is 1. The van der Waals surface area contributed by atoms with Gasteiger partial charge >= 0.3 is 12.1 Å². The topological polar surface area (TPSA) is 66.8 Å². The number of carboxylic acids is 1. The molecule has 1 atom stereocenters. The Kier molecular flexibility index (Phi) is 6.60. The van der Waals surface area contributed by atoms with Crippen LogP contribution in [0.4, 0.5) is 4.79 Å². The smallest absolute Gasteiger partial charge is 0.411 e. The number of amides is 1. The van der Waals surface area contributed by atoms with Crippen molar-refractivity contribution in [3.8, 4) is 0 Å². The first-order valence-electron chi connectivity index (χ1n) is 7.59. The summed E-state index contributed by atoms with van der Waals surface area (Å²) in [7, 11) is 0. The Labute approximate surface area is 151 Å². The summed E-state index contributed by atoms with van der Waals surface area (Å²) in [5.41, 5.74) is 1.49. The van der Waals surface area contributed by atoms with Crippen molar-refractivity contribution in [2.45, 2.75) is 6.04 Å². The standard InChI is InChI=1S/C19H18ClNO4/c1-2-12-25-19(24)21(13-17(22)23)18(14-6-4-3-5-7-14)15-8-10-16(20)11-9-15/h2-11,18H,1,12-13H2,(H,22,23). The normalized spacial score (nSPS) is 11.4. The van der Waals surface area contributed by atoms with Crippen molar-refractivity contribution in [2.24, 2.45) is 0 Å². The quantitative estimate of drug-likeness (QED) is 0.754. The van der Waals surface area contributed by atoms with Crippen LogP contribution in [0.1, 0.15) is 17.2 Å². The van der Waals surface area contributed by atoms with E-state index in [9.17, 15) is 14.7 Å². The van der Waals surface area contributed by atoms with Gasteiger partial charge < -0.3 is 9.84 Å². The van der Waals surface area contributed by atoms with Crippen molar-refractivity contribution in [1.29, 1.82) is 0 Å². The first-order chi connectivity index (χ1) is 12.0. The van der Waals surface area contributed by atoms with Gasteiger partial charge in [-0.1, -0.05) is 66.7 Å². The third kappa shape index (κ3) is 5.09. The Morgan fingerprint density at radius 2 is 1.72 bits per heavy atom. The van der Waals surface area contributed by atoms with Crippen LogP contribution in [-0.2, 0) is 9.53 Å². The summed E-state index contributed by atoms with van der Waals surface area (Å²) in [6.07, 6.45) is 0.697. The summed E-state index contributed by atoms with van der Waals surface area (Å²) < 4.78 is 5.08. The van der Waals surface area contributed by atoms with Crippen LogP contribution in [-0.4, -0.2) is 35.2 Å². The zero-order valence-corrected chi connectivity index (χ0v) is 14.2. The molecule has 6 heteroatoms. The molecule has 25 heavy (non-hydrogen) atoms. The van der Waals surface area contributed by atoms with Gasteiger partial charge in [0.1, 0.15) is 13.2 Å². The average Bonchev–Trinajstić information content (AvgIpc) is 2.61. The van der Waals surface area contributed by atoms with Gasteiger partial charge in [0.05, 0.1) is 6.04 Å². The summed E-state index contributed by atoms with van der Waals surface area (Å²) >= 11 is 5.95. The van der Waals surface area contributed by atoms with E-state index in [1.54, 1.807) is 24.3 Å². The molecule has 0 aliphatic carbocycles. The fourth-order valence-corrected chi connectivity index (χ4v) is 2.58. The molecule has 1 N–H and O–H groups in total. The summed E-state index contributed by atoms with van der Waals surface area (Å²) in [6, 6.07) is 15.4. The molecule has 0 spiro atoms. The predicted octanol–water partition coefficient (Wildman–Crippen LogP) is 4.14. The van der Waals surface area contributed by atoms with E-state index in [0.29, 0.717) is 5.02 Å². The first kappa shape index (κ1) is 18.5. The second kappa shape index (κ2) is 8.89. The minimum Gasteiger partial charge on any atom is -0.480 e. The van der Waals surface area contributed by atoms with Crippen LogP contribution < -0.4 is 0 Å². The maximum Gasteiger partial charge on any atom is 0.411 e. The Morgan fingerprint density at radius 3 is 2.28 bits per heavy atom. The number of hydrogen-bond acceptors (Lipinski definition) is 3. The van der Waals surface area contributed by atoms with Crippen molar-refractivity contribution in [3.63, 3.8) is 0 Å². The highest BCUT2D eigenvalue weighted by molar-refractivity contribution is 6.30. The molecule has 5 nitrogen and oxygen atoms in total. The average molecular weight is 360 g/mol. The molecule has 1 amide bonds. The summed E-state index contributed by atoms with van der Waals surface area (Å²) in [5, 5.41) is 9.80. The van der Waals surface area contributed by atoms with Crippen LogP contribution in [0.25, 0.3) is 0 Å². The van der Waals surface area contributed by atoms with Crippen molar-refractivity contribution < 1.29 is 19.4 Å². The van der Waals surface area contributed by atoms with Gasteiger partial charge in [-0.15, -0.1) is 0 Å². The molecule has 0 aliphatic heterocycles. The number of ether oxygens (including phenoxy) is 1. The molecule has 0 heterocycles. The molecule has 0 saturated carbocycles. The maximum absolute atomic E-state index is 12.5. The fraction of sp³-hybridized carbons (Fsp3) is 0.158. The number of aliphatic carboxylic acids is 1. The number of carbonyl (C=O) groups is 2. The summed E-state index contributed by atoms with van der Waals surface area (Å²) in [4.78, 5) is 24.9. The van der Waals surface area contributed by atoms with Crippen LogP contribution in [0.2, 0.25) is 5.02 Å². The number of halogens is 1. The van der Waals surface area contributed by atoms with Crippen LogP contribution >= 0.6 is 11.6 Å². The van der Waals surface area contributed by atoms with Crippen molar-refractivity contribution in [1.82, 2.24) is 4.90 Å². The number of benzene rings is 2. The lowest BCUT2D eigenvalue weighted by Crippen LogP contribution is -2.39. The zero-order valence-electron chi connectivity index (χ0n) is 13.5. The highest BCUT2D eigenvalue weighted by Crippen LogP contribution is 2.30. The number of carboxylic acid groups (broad SMARTS) is 1. The largest absolute Gasteiger partial charge is 0.480 e. The molecule has 0 bridgehead atoms. The van der Waals surface area contributed by atoms with Crippen LogP contribution in [0.3, 0.4) is 0 Å². The lowest BCUT2D eigenvalue weighted by atomic mass is 9.97. The Hall–Kier alpha value is -2.79. The minimum absolute atomic E-state index is 0.00290. The van der Waals surface area contributed by atoms with Gasteiger partial charge in [0, 0.05) is 5.02 Å². The second-order valence-electron chi connectivity index (χ2n) is 5.25. The van der Waals surface area contributed by atoms with Gasteiger partial charge in [0.2, 0.25) is 0 Å². The van der Waals surface area contributed by atoms with E-state index in [1.165, 1.54) is 11.0 Å². The van der Waals surface area contributed by atoms with Gasteiger partial charge in [-0.05, 0) is 23.3 Å². The third-order valence-corrected chi connectivity index (χ3v) is 3.73. The Bertz CT molecular complexity index is 731. The number of rotatable bonds is 7. The van der Waals surface area contributed by atoms with Crippen LogP contribution in [0, 0.1) is 0 Å². The molecule has 0 saturated heterocycles. The second-order valence-corrected chi connectivity index (χ2v) is 5.69. The van der Waals surface area contributed by atoms with E-state index in [0.717, 1.165) is 11.1 Å². The molecule has 2 rings (SSSR count). The van der Waals surface area contributed by atoms with Gasteiger partial charge in [0.25, 0.3) is 0 Å². The molecule has 2 aromatic rings. The van der Waals surface area contributed by atoms with E-state index >= 15 is 0 Å². The lowest BCUT2D eigenvalue weighted by Gasteiger charge is -2.30. The molecular formula is C19H18ClNO4. The van der Waals surface area contributed by atoms with E-state index in [1.807, 2.05) is 30.3 Å². The van der Waals surface area contributed by atoms with E-state index in [-0.39, 0.29) is 6.61 Å². The molecule has 0 fully saturated rings. The molecule has 0 aliphatic rings.